The molecule has 1 amide bonds. The molecule has 1 saturated heterocycles. The van der Waals surface area contributed by atoms with E-state index in [2.05, 4.69) is 9.97 Å². The lowest BCUT2D eigenvalue weighted by atomic mass is 10.0. The van der Waals surface area contributed by atoms with Crippen LogP contribution in [-0.4, -0.2) is 27.3 Å². The molecule has 1 aliphatic rings. The number of nitrogens with zero attached hydrogens (tertiary/aromatic N) is 2. The number of hydrogen-bond donors (Lipinski definition) is 1. The fourth-order valence-electron chi connectivity index (χ4n) is 3.52. The molecule has 0 spiro atoms. The first-order valence-corrected chi connectivity index (χ1v) is 8.57. The van der Waals surface area contributed by atoms with Crippen molar-refractivity contribution in [1.29, 1.82) is 0 Å². The molecular formula is C19H22FN3O2. The molecule has 1 fully saturated rings. The smallest absolute Gasteiger partial charge is 0.254 e. The normalized spacial score (nSPS) is 17.1. The summed E-state index contributed by atoms with van der Waals surface area (Å²) >= 11 is 0. The van der Waals surface area contributed by atoms with Crippen molar-refractivity contribution >= 4 is 5.91 Å². The van der Waals surface area contributed by atoms with Gasteiger partial charge < -0.3 is 9.88 Å². The van der Waals surface area contributed by atoms with E-state index in [-0.39, 0.29) is 29.7 Å². The van der Waals surface area contributed by atoms with Gasteiger partial charge in [0.15, 0.2) is 0 Å². The molecule has 25 heavy (non-hydrogen) atoms. The Kier molecular flexibility index (Phi) is 4.97. The van der Waals surface area contributed by atoms with Gasteiger partial charge in [-0.05, 0) is 50.8 Å². The van der Waals surface area contributed by atoms with Gasteiger partial charge in [0, 0.05) is 24.2 Å². The van der Waals surface area contributed by atoms with Gasteiger partial charge in [0.2, 0.25) is 5.91 Å². The highest BCUT2D eigenvalue weighted by molar-refractivity contribution is 5.77. The number of halogens is 1. The highest BCUT2D eigenvalue weighted by atomic mass is 19.1. The summed E-state index contributed by atoms with van der Waals surface area (Å²) in [6.45, 7) is 4.22. The highest BCUT2D eigenvalue weighted by Gasteiger charge is 2.29. The van der Waals surface area contributed by atoms with Crippen LogP contribution in [0.1, 0.15) is 47.9 Å². The lowest BCUT2D eigenvalue weighted by molar-refractivity contribution is -0.132. The third kappa shape index (κ3) is 3.78. The summed E-state index contributed by atoms with van der Waals surface area (Å²) in [7, 11) is 0. The second kappa shape index (κ2) is 7.17. The molecule has 0 aliphatic carbocycles. The van der Waals surface area contributed by atoms with E-state index in [9.17, 15) is 14.0 Å². The summed E-state index contributed by atoms with van der Waals surface area (Å²) in [4.78, 5) is 33.5. The Labute approximate surface area is 145 Å². The van der Waals surface area contributed by atoms with Crippen LogP contribution in [0.4, 0.5) is 4.39 Å². The van der Waals surface area contributed by atoms with Crippen LogP contribution in [0.5, 0.6) is 0 Å². The zero-order valence-corrected chi connectivity index (χ0v) is 14.5. The molecule has 0 saturated carbocycles. The lowest BCUT2D eigenvalue weighted by Gasteiger charge is -2.25. The van der Waals surface area contributed by atoms with Gasteiger partial charge in [0.05, 0.1) is 6.04 Å². The van der Waals surface area contributed by atoms with Crippen molar-refractivity contribution in [2.45, 2.75) is 45.6 Å². The van der Waals surface area contributed by atoms with Crippen molar-refractivity contribution in [3.63, 3.8) is 0 Å². The number of carbonyl (C=O) groups excluding carboxylic acids is 1. The highest BCUT2D eigenvalue weighted by Crippen LogP contribution is 2.32. The zero-order chi connectivity index (χ0) is 18.0. The molecule has 1 atom stereocenters. The van der Waals surface area contributed by atoms with E-state index < -0.39 is 0 Å². The average molecular weight is 343 g/mol. The van der Waals surface area contributed by atoms with Crippen molar-refractivity contribution in [2.75, 3.05) is 6.54 Å². The predicted molar refractivity (Wildman–Crippen MR) is 92.7 cm³/mol. The number of aromatic amines is 1. The van der Waals surface area contributed by atoms with Gasteiger partial charge in [0.25, 0.3) is 5.56 Å². The Hall–Kier alpha value is -2.50. The Balaban J connectivity index is 1.70. The van der Waals surface area contributed by atoms with Crippen molar-refractivity contribution in [3.8, 4) is 0 Å². The number of aromatic nitrogens is 2. The van der Waals surface area contributed by atoms with E-state index in [4.69, 9.17) is 0 Å². The number of amides is 1. The lowest BCUT2D eigenvalue weighted by Crippen LogP contribution is -2.31. The number of hydrogen-bond acceptors (Lipinski definition) is 3. The molecule has 1 aromatic carbocycles. The summed E-state index contributed by atoms with van der Waals surface area (Å²) in [5.41, 5.74) is 2.02. The van der Waals surface area contributed by atoms with Crippen LogP contribution in [-0.2, 0) is 11.2 Å². The molecule has 6 heteroatoms. The Bertz CT molecular complexity index is 830. The van der Waals surface area contributed by atoms with Gasteiger partial charge in [-0.1, -0.05) is 12.1 Å². The van der Waals surface area contributed by atoms with Gasteiger partial charge >= 0.3 is 0 Å². The summed E-state index contributed by atoms with van der Waals surface area (Å²) in [6, 6.07) is 6.33. The molecule has 2 heterocycles. The van der Waals surface area contributed by atoms with E-state index in [0.29, 0.717) is 30.0 Å². The molecule has 132 valence electrons. The second-order valence-corrected chi connectivity index (χ2v) is 6.51. The first kappa shape index (κ1) is 17.3. The third-order valence-corrected chi connectivity index (χ3v) is 4.76. The fourth-order valence-corrected chi connectivity index (χ4v) is 3.52. The van der Waals surface area contributed by atoms with Crippen molar-refractivity contribution in [3.05, 3.63) is 63.1 Å². The van der Waals surface area contributed by atoms with Gasteiger partial charge in [-0.3, -0.25) is 9.59 Å². The van der Waals surface area contributed by atoms with Crippen LogP contribution in [0.25, 0.3) is 0 Å². The second-order valence-electron chi connectivity index (χ2n) is 6.51. The van der Waals surface area contributed by atoms with Crippen molar-refractivity contribution < 1.29 is 9.18 Å². The summed E-state index contributed by atoms with van der Waals surface area (Å²) in [5.74, 6) is 0.320. The van der Waals surface area contributed by atoms with E-state index in [1.807, 2.05) is 4.90 Å². The molecule has 5 nitrogen and oxygen atoms in total. The molecule has 0 bridgehead atoms. The third-order valence-electron chi connectivity index (χ3n) is 4.76. The van der Waals surface area contributed by atoms with Gasteiger partial charge in [-0.25, -0.2) is 9.37 Å². The fraction of sp³-hybridized carbons (Fsp3) is 0.421. The Morgan fingerprint density at radius 3 is 2.72 bits per heavy atom. The molecule has 1 aromatic heterocycles. The van der Waals surface area contributed by atoms with Gasteiger partial charge in [-0.2, -0.15) is 0 Å². The summed E-state index contributed by atoms with van der Waals surface area (Å²) in [6.07, 6.45) is 2.45. The SMILES string of the molecule is Cc1nc(C)c(CCC(=O)N2CCC[C@H]2c2ccc(F)cc2)c(=O)[nH]1. The van der Waals surface area contributed by atoms with E-state index >= 15 is 0 Å². The van der Waals surface area contributed by atoms with Crippen LogP contribution in [0, 0.1) is 19.7 Å². The van der Waals surface area contributed by atoms with E-state index in [0.717, 1.165) is 18.4 Å². The standard InChI is InChI=1S/C19H22FN3O2/c1-12-16(19(25)22-13(2)21-12)9-10-18(24)23-11-3-4-17(23)14-5-7-15(20)8-6-14/h5-8,17H,3-4,9-11H2,1-2H3,(H,21,22,25)/t17-/m0/s1. The van der Waals surface area contributed by atoms with Gasteiger partial charge in [-0.15, -0.1) is 0 Å². The number of H-pyrrole nitrogens is 1. The minimum Gasteiger partial charge on any atom is -0.336 e. The van der Waals surface area contributed by atoms with Crippen molar-refractivity contribution in [2.24, 2.45) is 0 Å². The zero-order valence-electron chi connectivity index (χ0n) is 14.5. The summed E-state index contributed by atoms with van der Waals surface area (Å²) in [5, 5.41) is 0. The number of likely N-dealkylation sites (tertiary alicyclic amines) is 1. The minimum absolute atomic E-state index is 0.0105. The number of carbonyl (C=O) groups is 1. The summed E-state index contributed by atoms with van der Waals surface area (Å²) < 4.78 is 13.1. The van der Waals surface area contributed by atoms with Crippen LogP contribution in [0.15, 0.2) is 29.1 Å². The molecule has 1 aliphatic heterocycles. The first-order chi connectivity index (χ1) is 12.0. The maximum Gasteiger partial charge on any atom is 0.254 e. The average Bonchev–Trinajstić information content (AvgIpc) is 3.04. The van der Waals surface area contributed by atoms with E-state index in [1.54, 1.807) is 26.0 Å². The predicted octanol–water partition coefficient (Wildman–Crippen LogP) is 2.82. The Morgan fingerprint density at radius 2 is 2.04 bits per heavy atom. The van der Waals surface area contributed by atoms with Crippen LogP contribution in [0.2, 0.25) is 0 Å². The van der Waals surface area contributed by atoms with Crippen LogP contribution in [0.3, 0.4) is 0 Å². The molecule has 0 unspecified atom stereocenters. The Morgan fingerprint density at radius 1 is 1.32 bits per heavy atom. The number of benzene rings is 1. The molecular weight excluding hydrogens is 321 g/mol. The quantitative estimate of drug-likeness (QED) is 0.928. The monoisotopic (exact) mass is 343 g/mol. The number of nitrogens with one attached hydrogen (secondary N) is 1. The largest absolute Gasteiger partial charge is 0.336 e. The van der Waals surface area contributed by atoms with Crippen LogP contribution < -0.4 is 5.56 Å². The maximum absolute atomic E-state index is 13.1. The molecule has 0 radical (unpaired) electrons. The van der Waals surface area contributed by atoms with Crippen molar-refractivity contribution in [1.82, 2.24) is 14.9 Å². The van der Waals surface area contributed by atoms with Gasteiger partial charge in [0.1, 0.15) is 11.6 Å². The molecule has 1 N–H and O–H groups in total. The minimum atomic E-state index is -0.277. The maximum atomic E-state index is 13.1. The number of aryl methyl sites for hydroxylation is 2. The first-order valence-electron chi connectivity index (χ1n) is 8.57. The van der Waals surface area contributed by atoms with Crippen LogP contribution >= 0.6 is 0 Å². The topological polar surface area (TPSA) is 66.1 Å². The molecule has 3 rings (SSSR count). The number of rotatable bonds is 4. The molecule has 2 aromatic rings. The van der Waals surface area contributed by atoms with E-state index in [1.165, 1.54) is 12.1 Å².